The standard InChI is InChI=1S/C15H16F3NO3S2/c1-22-14(12-6-7-23-9-12)8-19-24(20,21)10-11-2-4-13(5-3-11)15(16,17)18/h2-7,9,14,19H,8,10H2,1H3/t14-/m0/s1. The number of alkyl halides is 3. The van der Waals surface area contributed by atoms with Crippen LogP contribution in [0.15, 0.2) is 41.1 Å². The predicted octanol–water partition coefficient (Wildman–Crippen LogP) is 3.57. The molecule has 0 radical (unpaired) electrons. The molecule has 0 unspecified atom stereocenters. The first-order valence-electron chi connectivity index (χ1n) is 6.89. The SMILES string of the molecule is CO[C@@H](CNS(=O)(=O)Cc1ccc(C(F)(F)F)cc1)c1ccsc1. The lowest BCUT2D eigenvalue weighted by molar-refractivity contribution is -0.137. The Kier molecular flexibility index (Phi) is 6.02. The fourth-order valence-corrected chi connectivity index (χ4v) is 3.90. The van der Waals surface area contributed by atoms with E-state index in [1.807, 2.05) is 16.8 Å². The van der Waals surface area contributed by atoms with Crippen molar-refractivity contribution < 1.29 is 26.3 Å². The largest absolute Gasteiger partial charge is 0.416 e. The van der Waals surface area contributed by atoms with E-state index in [0.29, 0.717) is 0 Å². The molecule has 1 N–H and O–H groups in total. The minimum atomic E-state index is -4.44. The molecule has 1 aromatic heterocycles. The number of thiophene rings is 1. The van der Waals surface area contributed by atoms with Gasteiger partial charge in [0.05, 0.1) is 17.4 Å². The zero-order chi connectivity index (χ0) is 17.8. The topological polar surface area (TPSA) is 55.4 Å². The minimum Gasteiger partial charge on any atom is -0.375 e. The quantitative estimate of drug-likeness (QED) is 0.800. The second-order valence-corrected chi connectivity index (χ2v) is 7.67. The Hall–Kier alpha value is -1.42. The summed E-state index contributed by atoms with van der Waals surface area (Å²) >= 11 is 1.47. The molecule has 4 nitrogen and oxygen atoms in total. The number of halogens is 3. The van der Waals surface area contributed by atoms with Crippen LogP contribution in [0.3, 0.4) is 0 Å². The lowest BCUT2D eigenvalue weighted by atomic mass is 10.1. The highest BCUT2D eigenvalue weighted by Crippen LogP contribution is 2.29. The van der Waals surface area contributed by atoms with E-state index in [0.717, 1.165) is 29.8 Å². The maximum absolute atomic E-state index is 12.5. The van der Waals surface area contributed by atoms with Crippen molar-refractivity contribution >= 4 is 21.4 Å². The number of nitrogens with one attached hydrogen (secondary N) is 1. The molecular formula is C15H16F3NO3S2. The number of benzene rings is 1. The van der Waals surface area contributed by atoms with Crippen LogP contribution in [0.2, 0.25) is 0 Å². The molecule has 1 aromatic carbocycles. The summed E-state index contributed by atoms with van der Waals surface area (Å²) in [6.07, 6.45) is -4.86. The van der Waals surface area contributed by atoms with E-state index in [2.05, 4.69) is 4.72 Å². The van der Waals surface area contributed by atoms with Gasteiger partial charge in [-0.2, -0.15) is 24.5 Å². The predicted molar refractivity (Wildman–Crippen MR) is 86.1 cm³/mol. The highest BCUT2D eigenvalue weighted by molar-refractivity contribution is 7.88. The van der Waals surface area contributed by atoms with Crippen molar-refractivity contribution in [2.24, 2.45) is 0 Å². The fourth-order valence-electron chi connectivity index (χ4n) is 2.06. The summed E-state index contributed by atoms with van der Waals surface area (Å²) in [5, 5.41) is 3.72. The third-order valence-electron chi connectivity index (χ3n) is 3.33. The van der Waals surface area contributed by atoms with Gasteiger partial charge in [0.1, 0.15) is 0 Å². The highest BCUT2D eigenvalue weighted by Gasteiger charge is 2.30. The van der Waals surface area contributed by atoms with Crippen molar-refractivity contribution in [2.45, 2.75) is 18.0 Å². The molecule has 0 saturated carbocycles. The van der Waals surface area contributed by atoms with Crippen LogP contribution >= 0.6 is 11.3 Å². The molecule has 9 heteroatoms. The second kappa shape index (κ2) is 7.64. The molecular weight excluding hydrogens is 363 g/mol. The van der Waals surface area contributed by atoms with Crippen LogP contribution in [-0.4, -0.2) is 22.1 Å². The minimum absolute atomic E-state index is 0.0518. The molecule has 1 atom stereocenters. The molecule has 0 bridgehead atoms. The third-order valence-corrected chi connectivity index (χ3v) is 5.35. The van der Waals surface area contributed by atoms with Gasteiger partial charge in [0.2, 0.25) is 10.0 Å². The van der Waals surface area contributed by atoms with Crippen molar-refractivity contribution in [1.29, 1.82) is 0 Å². The number of sulfonamides is 1. The fraction of sp³-hybridized carbons (Fsp3) is 0.333. The van der Waals surface area contributed by atoms with E-state index in [1.165, 1.54) is 18.4 Å². The third kappa shape index (κ3) is 5.30. The van der Waals surface area contributed by atoms with Gasteiger partial charge in [-0.15, -0.1) is 0 Å². The van der Waals surface area contributed by atoms with E-state index < -0.39 is 33.6 Å². The van der Waals surface area contributed by atoms with Crippen LogP contribution in [-0.2, 0) is 26.7 Å². The summed E-state index contributed by atoms with van der Waals surface area (Å²) in [6, 6.07) is 5.90. The van der Waals surface area contributed by atoms with E-state index in [4.69, 9.17) is 4.74 Å². The molecule has 24 heavy (non-hydrogen) atoms. The lowest BCUT2D eigenvalue weighted by Crippen LogP contribution is -2.30. The summed E-state index contributed by atoms with van der Waals surface area (Å²) in [6.45, 7) is 0.0518. The molecule has 0 aliphatic heterocycles. The Balaban J connectivity index is 1.98. The van der Waals surface area contributed by atoms with Crippen LogP contribution in [0.1, 0.15) is 22.8 Å². The van der Waals surface area contributed by atoms with Gasteiger partial charge in [0.15, 0.2) is 0 Å². The van der Waals surface area contributed by atoms with Crippen molar-refractivity contribution in [3.05, 3.63) is 57.8 Å². The van der Waals surface area contributed by atoms with E-state index in [-0.39, 0.29) is 12.1 Å². The Labute approximate surface area is 142 Å². The maximum Gasteiger partial charge on any atom is 0.416 e. The molecule has 0 saturated heterocycles. The molecule has 0 spiro atoms. The van der Waals surface area contributed by atoms with Gasteiger partial charge < -0.3 is 4.74 Å². The molecule has 2 rings (SSSR count). The molecule has 0 aliphatic carbocycles. The Bertz CT molecular complexity index is 741. The Morgan fingerprint density at radius 1 is 1.21 bits per heavy atom. The average molecular weight is 379 g/mol. The average Bonchev–Trinajstić information content (AvgIpc) is 3.01. The van der Waals surface area contributed by atoms with Gasteiger partial charge >= 0.3 is 6.18 Å². The highest BCUT2D eigenvalue weighted by atomic mass is 32.2. The van der Waals surface area contributed by atoms with Crippen LogP contribution < -0.4 is 4.72 Å². The summed E-state index contributed by atoms with van der Waals surface area (Å²) in [4.78, 5) is 0. The molecule has 0 aliphatic rings. The summed E-state index contributed by atoms with van der Waals surface area (Å²) in [5.74, 6) is -0.398. The maximum atomic E-state index is 12.5. The number of ether oxygens (including phenoxy) is 1. The van der Waals surface area contributed by atoms with Gasteiger partial charge in [0.25, 0.3) is 0 Å². The van der Waals surface area contributed by atoms with Crippen molar-refractivity contribution in [3.63, 3.8) is 0 Å². The molecule has 0 fully saturated rings. The van der Waals surface area contributed by atoms with E-state index in [9.17, 15) is 21.6 Å². The first-order chi connectivity index (χ1) is 11.2. The van der Waals surface area contributed by atoms with Gasteiger partial charge in [0, 0.05) is 13.7 Å². The van der Waals surface area contributed by atoms with Crippen molar-refractivity contribution in [2.75, 3.05) is 13.7 Å². The zero-order valence-electron chi connectivity index (χ0n) is 12.7. The van der Waals surface area contributed by atoms with Crippen LogP contribution in [0.5, 0.6) is 0 Å². The summed E-state index contributed by atoms with van der Waals surface area (Å²) < 4.78 is 69.3. The van der Waals surface area contributed by atoms with E-state index >= 15 is 0 Å². The van der Waals surface area contributed by atoms with E-state index in [1.54, 1.807) is 0 Å². The number of rotatable bonds is 7. The molecule has 1 heterocycles. The normalized spacial score (nSPS) is 13.8. The summed E-state index contributed by atoms with van der Waals surface area (Å²) in [5.41, 5.74) is 0.327. The van der Waals surface area contributed by atoms with Gasteiger partial charge in [-0.3, -0.25) is 0 Å². The monoisotopic (exact) mass is 379 g/mol. The molecule has 0 amide bonds. The second-order valence-electron chi connectivity index (χ2n) is 5.08. The van der Waals surface area contributed by atoms with Crippen molar-refractivity contribution in [3.8, 4) is 0 Å². The number of hydrogen-bond donors (Lipinski definition) is 1. The number of methoxy groups -OCH3 is 1. The number of hydrogen-bond acceptors (Lipinski definition) is 4. The Morgan fingerprint density at radius 3 is 2.38 bits per heavy atom. The summed E-state index contributed by atoms with van der Waals surface area (Å²) in [7, 11) is -2.21. The lowest BCUT2D eigenvalue weighted by Gasteiger charge is -2.15. The first kappa shape index (κ1) is 18.9. The zero-order valence-corrected chi connectivity index (χ0v) is 14.3. The molecule has 2 aromatic rings. The smallest absolute Gasteiger partial charge is 0.375 e. The van der Waals surface area contributed by atoms with Crippen molar-refractivity contribution in [1.82, 2.24) is 4.72 Å². The van der Waals surface area contributed by atoms with Crippen LogP contribution in [0.4, 0.5) is 13.2 Å². The van der Waals surface area contributed by atoms with Crippen LogP contribution in [0.25, 0.3) is 0 Å². The van der Waals surface area contributed by atoms with Gasteiger partial charge in [-0.25, -0.2) is 13.1 Å². The molecule has 132 valence electrons. The van der Waals surface area contributed by atoms with Gasteiger partial charge in [-0.1, -0.05) is 12.1 Å². The van der Waals surface area contributed by atoms with Crippen LogP contribution in [0, 0.1) is 0 Å². The Morgan fingerprint density at radius 2 is 1.88 bits per heavy atom. The first-order valence-corrected chi connectivity index (χ1v) is 9.49. The van der Waals surface area contributed by atoms with Gasteiger partial charge in [-0.05, 0) is 40.1 Å².